The number of rotatable bonds is 5. The van der Waals surface area contributed by atoms with E-state index in [-0.39, 0.29) is 18.1 Å². The van der Waals surface area contributed by atoms with Crippen LogP contribution in [0.15, 0.2) is 24.2 Å². The van der Waals surface area contributed by atoms with Crippen LogP contribution in [0, 0.1) is 5.92 Å². The minimum atomic E-state index is -5.55. The van der Waals surface area contributed by atoms with Crippen molar-refractivity contribution < 1.29 is 30.5 Å². The molecule has 0 bridgehead atoms. The van der Waals surface area contributed by atoms with Gasteiger partial charge in [-0.15, -0.1) is 0 Å². The Morgan fingerprint density at radius 3 is 2.58 bits per heavy atom. The molecule has 0 amide bonds. The summed E-state index contributed by atoms with van der Waals surface area (Å²) in [7, 11) is -4.06. The van der Waals surface area contributed by atoms with Crippen molar-refractivity contribution in [3.05, 3.63) is 24.2 Å². The average Bonchev–Trinajstić information content (AvgIpc) is 2.29. The van der Waals surface area contributed by atoms with Gasteiger partial charge < -0.3 is 8.92 Å². The molecule has 1 atom stereocenters. The van der Waals surface area contributed by atoms with Gasteiger partial charge >= 0.3 is 15.6 Å². The van der Waals surface area contributed by atoms with Crippen molar-refractivity contribution in [1.82, 2.24) is 0 Å². The molecule has 0 aliphatic heterocycles. The van der Waals surface area contributed by atoms with Crippen molar-refractivity contribution in [3.8, 4) is 0 Å². The van der Waals surface area contributed by atoms with Gasteiger partial charge in [0, 0.05) is 12.8 Å². The van der Waals surface area contributed by atoms with E-state index < -0.39 is 15.6 Å². The molecule has 0 aromatic heterocycles. The molecule has 0 saturated carbocycles. The number of hydrogen-bond acceptors (Lipinski definition) is 4. The lowest BCUT2D eigenvalue weighted by Gasteiger charge is -2.22. The second kappa shape index (κ2) is 5.85. The largest absolute Gasteiger partial charge is 0.534 e. The second-order valence-corrected chi connectivity index (χ2v) is 5.78. The molecule has 1 aliphatic rings. The molecule has 1 rings (SSSR count). The van der Waals surface area contributed by atoms with E-state index in [2.05, 4.69) is 10.8 Å². The number of methoxy groups -OCH3 is 1. The highest BCUT2D eigenvalue weighted by Gasteiger charge is 2.48. The van der Waals surface area contributed by atoms with Gasteiger partial charge in [-0.3, -0.25) is 0 Å². The molecule has 1 aliphatic carbocycles. The van der Waals surface area contributed by atoms with E-state index in [9.17, 15) is 21.6 Å². The molecular weight excluding hydrogens is 285 g/mol. The van der Waals surface area contributed by atoms with Crippen LogP contribution in [-0.4, -0.2) is 21.0 Å². The van der Waals surface area contributed by atoms with Crippen LogP contribution in [0.1, 0.15) is 25.7 Å². The summed E-state index contributed by atoms with van der Waals surface area (Å²) in [5.41, 5.74) is -5.39. The predicted octanol–water partition coefficient (Wildman–Crippen LogP) is 3.09. The summed E-state index contributed by atoms with van der Waals surface area (Å²) >= 11 is 0. The monoisotopic (exact) mass is 300 g/mol. The van der Waals surface area contributed by atoms with Crippen LogP contribution in [-0.2, 0) is 19.0 Å². The summed E-state index contributed by atoms with van der Waals surface area (Å²) in [6.45, 7) is 3.66. The number of halogens is 3. The fourth-order valence-corrected chi connectivity index (χ4v) is 2.25. The quantitative estimate of drug-likeness (QED) is 0.445. The van der Waals surface area contributed by atoms with Crippen LogP contribution in [0.4, 0.5) is 13.2 Å². The first-order valence-corrected chi connectivity index (χ1v) is 6.98. The lowest BCUT2D eigenvalue weighted by molar-refractivity contribution is -0.0524. The van der Waals surface area contributed by atoms with Gasteiger partial charge in [-0.1, -0.05) is 6.58 Å². The van der Waals surface area contributed by atoms with Crippen molar-refractivity contribution in [2.45, 2.75) is 31.2 Å². The zero-order valence-corrected chi connectivity index (χ0v) is 11.2. The Morgan fingerprint density at radius 1 is 1.53 bits per heavy atom. The van der Waals surface area contributed by atoms with Crippen molar-refractivity contribution >= 4 is 10.1 Å². The third kappa shape index (κ3) is 4.45. The third-order valence-corrected chi connectivity index (χ3v) is 3.78. The molecular formula is C11H15F3O4S. The maximum atomic E-state index is 12.1. The Balaban J connectivity index is 2.59. The van der Waals surface area contributed by atoms with Crippen LogP contribution in [0.2, 0.25) is 0 Å². The summed E-state index contributed by atoms with van der Waals surface area (Å²) in [6.07, 6.45) is 3.08. The summed E-state index contributed by atoms with van der Waals surface area (Å²) in [5.74, 6) is 0.607. The predicted molar refractivity (Wildman–Crippen MR) is 62.2 cm³/mol. The maximum Gasteiger partial charge on any atom is 0.534 e. The summed E-state index contributed by atoms with van der Waals surface area (Å²) in [6, 6.07) is 0. The molecule has 1 unspecified atom stereocenters. The van der Waals surface area contributed by atoms with E-state index in [4.69, 9.17) is 4.74 Å². The van der Waals surface area contributed by atoms with Gasteiger partial charge in [0.1, 0.15) is 5.76 Å². The highest BCUT2D eigenvalue weighted by Crippen LogP contribution is 2.33. The van der Waals surface area contributed by atoms with E-state index in [0.29, 0.717) is 25.0 Å². The molecule has 19 heavy (non-hydrogen) atoms. The molecule has 0 fully saturated rings. The van der Waals surface area contributed by atoms with Gasteiger partial charge in [0.15, 0.2) is 0 Å². The Morgan fingerprint density at radius 2 is 2.16 bits per heavy atom. The highest BCUT2D eigenvalue weighted by atomic mass is 32.2. The van der Waals surface area contributed by atoms with Crippen molar-refractivity contribution in [1.29, 1.82) is 0 Å². The lowest BCUT2D eigenvalue weighted by atomic mass is 9.90. The van der Waals surface area contributed by atoms with Crippen LogP contribution in [0.25, 0.3) is 0 Å². The summed E-state index contributed by atoms with van der Waals surface area (Å²) < 4.78 is 66.9. The second-order valence-electron chi connectivity index (χ2n) is 4.24. The Hall–Kier alpha value is -1.18. The minimum Gasteiger partial charge on any atom is -0.502 e. The smallest absolute Gasteiger partial charge is 0.502 e. The molecule has 0 spiro atoms. The van der Waals surface area contributed by atoms with Gasteiger partial charge in [-0.05, 0) is 24.8 Å². The molecule has 0 heterocycles. The first kappa shape index (κ1) is 15.9. The lowest BCUT2D eigenvalue weighted by Crippen LogP contribution is -2.26. The fourth-order valence-electron chi connectivity index (χ4n) is 1.72. The van der Waals surface area contributed by atoms with E-state index in [1.165, 1.54) is 13.2 Å². The van der Waals surface area contributed by atoms with Gasteiger partial charge in [-0.2, -0.15) is 21.6 Å². The Kier molecular flexibility index (Phi) is 4.89. The molecule has 0 saturated heterocycles. The molecule has 8 heteroatoms. The van der Waals surface area contributed by atoms with E-state index >= 15 is 0 Å². The van der Waals surface area contributed by atoms with Gasteiger partial charge in [0.25, 0.3) is 0 Å². The highest BCUT2D eigenvalue weighted by molar-refractivity contribution is 7.87. The van der Waals surface area contributed by atoms with Gasteiger partial charge in [0.2, 0.25) is 0 Å². The number of hydrogen-bond donors (Lipinski definition) is 0. The first-order valence-electron chi connectivity index (χ1n) is 5.57. The molecule has 110 valence electrons. The van der Waals surface area contributed by atoms with Crippen LogP contribution < -0.4 is 0 Å². The third-order valence-electron chi connectivity index (χ3n) is 2.78. The van der Waals surface area contributed by atoms with E-state index in [1.54, 1.807) is 0 Å². The Bertz CT molecular complexity index is 465. The molecule has 0 aromatic rings. The van der Waals surface area contributed by atoms with Crippen molar-refractivity contribution in [3.63, 3.8) is 0 Å². The molecule has 0 radical (unpaired) electrons. The Labute approximate surface area is 110 Å². The van der Waals surface area contributed by atoms with Crippen molar-refractivity contribution in [2.75, 3.05) is 7.11 Å². The average molecular weight is 300 g/mol. The SMILES string of the molecule is C=C(CC1CC=C(OS(=O)(=O)C(F)(F)F)CC1)OC. The van der Waals surface area contributed by atoms with Gasteiger partial charge in [-0.25, -0.2) is 0 Å². The molecule has 0 aromatic carbocycles. The first-order chi connectivity index (χ1) is 8.65. The molecule has 0 N–H and O–H groups in total. The standard InChI is InChI=1S/C11H15F3O4S/c1-8(17-2)7-9-3-5-10(6-4-9)18-19(15,16)11(12,13)14/h5,9H,1,3-4,6-7H2,2H3. The number of alkyl halides is 3. The van der Waals surface area contributed by atoms with Gasteiger partial charge in [0.05, 0.1) is 12.9 Å². The van der Waals surface area contributed by atoms with E-state index in [0.717, 1.165) is 0 Å². The van der Waals surface area contributed by atoms with Crippen molar-refractivity contribution in [2.24, 2.45) is 5.92 Å². The zero-order chi connectivity index (χ0) is 14.7. The van der Waals surface area contributed by atoms with Crippen LogP contribution >= 0.6 is 0 Å². The maximum absolute atomic E-state index is 12.1. The van der Waals surface area contributed by atoms with Crippen LogP contribution in [0.3, 0.4) is 0 Å². The number of allylic oxidation sites excluding steroid dienone is 3. The number of ether oxygens (including phenoxy) is 1. The molecule has 4 nitrogen and oxygen atoms in total. The summed E-state index contributed by atoms with van der Waals surface area (Å²) in [4.78, 5) is 0. The summed E-state index contributed by atoms with van der Waals surface area (Å²) in [5, 5.41) is 0. The fraction of sp³-hybridized carbons (Fsp3) is 0.636. The van der Waals surface area contributed by atoms with Crippen LogP contribution in [0.5, 0.6) is 0 Å². The van der Waals surface area contributed by atoms with E-state index in [1.807, 2.05) is 0 Å². The minimum absolute atomic E-state index is 0.150. The topological polar surface area (TPSA) is 52.6 Å². The zero-order valence-electron chi connectivity index (χ0n) is 10.4. The normalized spacial score (nSPS) is 20.6.